The van der Waals surface area contributed by atoms with E-state index >= 15 is 0 Å². The van der Waals surface area contributed by atoms with Gasteiger partial charge in [0.2, 0.25) is 0 Å². The molecule has 3 nitrogen and oxygen atoms in total. The van der Waals surface area contributed by atoms with E-state index < -0.39 is 5.97 Å². The van der Waals surface area contributed by atoms with Crippen molar-refractivity contribution in [2.24, 2.45) is 5.92 Å². The zero-order valence-electron chi connectivity index (χ0n) is 14.7. The summed E-state index contributed by atoms with van der Waals surface area (Å²) in [7, 11) is 0. The second-order valence-electron chi connectivity index (χ2n) is 6.40. The Hall–Kier alpha value is -2.55. The Morgan fingerprint density at radius 1 is 1.12 bits per heavy atom. The fraction of sp³-hybridized carbons (Fsp3) is 0.286. The average Bonchev–Trinajstić information content (AvgIpc) is 2.54. The van der Waals surface area contributed by atoms with Gasteiger partial charge in [0.15, 0.2) is 0 Å². The molecule has 0 aromatic heterocycles. The summed E-state index contributed by atoms with van der Waals surface area (Å²) < 4.78 is 5.82. The number of carbonyl (C=O) groups is 1. The molecule has 24 heavy (non-hydrogen) atoms. The highest BCUT2D eigenvalue weighted by molar-refractivity contribution is 6.20. The minimum absolute atomic E-state index is 0.263. The van der Waals surface area contributed by atoms with Crippen LogP contribution < -0.4 is 4.74 Å². The average molecular weight is 324 g/mol. The van der Waals surface area contributed by atoms with Gasteiger partial charge in [-0.2, -0.15) is 0 Å². The first-order valence-electron chi connectivity index (χ1n) is 8.13. The first-order chi connectivity index (χ1) is 11.4. The van der Waals surface area contributed by atoms with Gasteiger partial charge >= 0.3 is 5.97 Å². The summed E-state index contributed by atoms with van der Waals surface area (Å²) >= 11 is 0. The van der Waals surface area contributed by atoms with Crippen LogP contribution in [0.1, 0.15) is 36.1 Å². The molecule has 0 atom stereocenters. The molecule has 0 saturated carbocycles. The fourth-order valence-electron chi connectivity index (χ4n) is 2.32. The molecule has 2 rings (SSSR count). The van der Waals surface area contributed by atoms with Crippen molar-refractivity contribution >= 4 is 17.6 Å². The van der Waals surface area contributed by atoms with Gasteiger partial charge < -0.3 is 9.84 Å². The van der Waals surface area contributed by atoms with Gasteiger partial charge in [0.05, 0.1) is 12.2 Å². The maximum Gasteiger partial charge on any atom is 0.336 e. The summed E-state index contributed by atoms with van der Waals surface area (Å²) in [6, 6.07) is 13.2. The Balaban J connectivity index is 2.45. The summed E-state index contributed by atoms with van der Waals surface area (Å²) in [5.74, 6) is 0.159. The molecule has 3 heteroatoms. The standard InChI is InChI=1S/C21H24O3/c1-14(2)13-24-20-8-6-5-7-18(20)12-19(21(22)23)17-10-9-15(3)16(4)11-17/h5-12,14H,13H2,1-4H3,(H,22,23)/b19-12-. The number of ether oxygens (including phenoxy) is 1. The molecule has 0 aliphatic heterocycles. The Morgan fingerprint density at radius 3 is 2.46 bits per heavy atom. The first kappa shape index (κ1) is 17.8. The van der Waals surface area contributed by atoms with E-state index in [9.17, 15) is 9.90 Å². The summed E-state index contributed by atoms with van der Waals surface area (Å²) in [6.45, 7) is 8.75. The lowest BCUT2D eigenvalue weighted by Crippen LogP contribution is -2.06. The van der Waals surface area contributed by atoms with E-state index in [2.05, 4.69) is 13.8 Å². The maximum absolute atomic E-state index is 11.8. The molecule has 0 bridgehead atoms. The normalized spacial score (nSPS) is 11.6. The van der Waals surface area contributed by atoms with E-state index in [4.69, 9.17) is 4.74 Å². The molecule has 0 unspecified atom stereocenters. The molecule has 0 saturated heterocycles. The van der Waals surface area contributed by atoms with Crippen molar-refractivity contribution in [1.82, 2.24) is 0 Å². The van der Waals surface area contributed by atoms with Gasteiger partial charge in [0, 0.05) is 5.56 Å². The third-order valence-corrected chi connectivity index (χ3v) is 3.84. The van der Waals surface area contributed by atoms with Gasteiger partial charge in [0.25, 0.3) is 0 Å². The summed E-state index contributed by atoms with van der Waals surface area (Å²) in [5, 5.41) is 9.65. The molecule has 2 aromatic rings. The van der Waals surface area contributed by atoms with E-state index in [-0.39, 0.29) is 5.57 Å². The first-order valence-corrected chi connectivity index (χ1v) is 8.13. The van der Waals surface area contributed by atoms with Crippen LogP contribution in [0.4, 0.5) is 0 Å². The van der Waals surface area contributed by atoms with Crippen LogP contribution in [-0.2, 0) is 4.79 Å². The van der Waals surface area contributed by atoms with Crippen LogP contribution in [0, 0.1) is 19.8 Å². The van der Waals surface area contributed by atoms with E-state index in [1.165, 1.54) is 0 Å². The Labute approximate surface area is 143 Å². The zero-order chi connectivity index (χ0) is 17.7. The van der Waals surface area contributed by atoms with Crippen molar-refractivity contribution in [1.29, 1.82) is 0 Å². The highest BCUT2D eigenvalue weighted by Gasteiger charge is 2.13. The lowest BCUT2D eigenvalue weighted by Gasteiger charge is -2.12. The number of hydrogen-bond acceptors (Lipinski definition) is 2. The number of carboxylic acid groups (broad SMARTS) is 1. The largest absolute Gasteiger partial charge is 0.493 e. The smallest absolute Gasteiger partial charge is 0.336 e. The molecular formula is C21H24O3. The molecule has 0 fully saturated rings. The second kappa shape index (κ2) is 7.82. The van der Waals surface area contributed by atoms with Gasteiger partial charge in [0.1, 0.15) is 5.75 Å². The predicted molar refractivity (Wildman–Crippen MR) is 98.2 cm³/mol. The lowest BCUT2D eigenvalue weighted by atomic mass is 9.98. The number of hydrogen-bond donors (Lipinski definition) is 1. The Kier molecular flexibility index (Phi) is 5.80. The van der Waals surface area contributed by atoms with Crippen LogP contribution in [0.25, 0.3) is 11.6 Å². The van der Waals surface area contributed by atoms with Crippen molar-refractivity contribution in [2.75, 3.05) is 6.61 Å². The molecule has 1 N–H and O–H groups in total. The maximum atomic E-state index is 11.8. The molecule has 0 heterocycles. The zero-order valence-corrected chi connectivity index (χ0v) is 14.7. The van der Waals surface area contributed by atoms with Gasteiger partial charge in [-0.25, -0.2) is 4.79 Å². The molecule has 0 aliphatic rings. The molecule has 0 radical (unpaired) electrons. The van der Waals surface area contributed by atoms with E-state index in [1.807, 2.05) is 56.3 Å². The van der Waals surface area contributed by atoms with E-state index in [1.54, 1.807) is 6.08 Å². The Morgan fingerprint density at radius 2 is 1.83 bits per heavy atom. The lowest BCUT2D eigenvalue weighted by molar-refractivity contribution is -0.130. The summed E-state index contributed by atoms with van der Waals surface area (Å²) in [5.41, 5.74) is 3.95. The SMILES string of the molecule is Cc1ccc(/C(=C/c2ccccc2OCC(C)C)C(=O)O)cc1C. The van der Waals surface area contributed by atoms with Gasteiger partial charge in [-0.05, 0) is 48.6 Å². The summed E-state index contributed by atoms with van der Waals surface area (Å²) in [6.07, 6.45) is 1.68. The molecule has 0 spiro atoms. The number of benzene rings is 2. The molecule has 126 valence electrons. The predicted octanol–water partition coefficient (Wildman–Crippen LogP) is 4.96. The minimum atomic E-state index is -0.947. The third kappa shape index (κ3) is 4.48. The summed E-state index contributed by atoms with van der Waals surface area (Å²) in [4.78, 5) is 11.8. The van der Waals surface area contributed by atoms with Crippen LogP contribution in [0.15, 0.2) is 42.5 Å². The van der Waals surface area contributed by atoms with Crippen LogP contribution in [0.2, 0.25) is 0 Å². The molecular weight excluding hydrogens is 300 g/mol. The molecule has 2 aromatic carbocycles. The van der Waals surface area contributed by atoms with Crippen LogP contribution in [0.5, 0.6) is 5.75 Å². The van der Waals surface area contributed by atoms with Gasteiger partial charge in [-0.15, -0.1) is 0 Å². The fourth-order valence-corrected chi connectivity index (χ4v) is 2.32. The van der Waals surface area contributed by atoms with Crippen molar-refractivity contribution in [3.05, 3.63) is 64.7 Å². The number of aryl methyl sites for hydroxylation is 2. The highest BCUT2D eigenvalue weighted by Crippen LogP contribution is 2.26. The number of aliphatic carboxylic acids is 1. The minimum Gasteiger partial charge on any atom is -0.493 e. The second-order valence-corrected chi connectivity index (χ2v) is 6.40. The quantitative estimate of drug-likeness (QED) is 0.603. The van der Waals surface area contributed by atoms with Crippen molar-refractivity contribution in [3.63, 3.8) is 0 Å². The van der Waals surface area contributed by atoms with Crippen molar-refractivity contribution < 1.29 is 14.6 Å². The Bertz CT molecular complexity index is 757. The van der Waals surface area contributed by atoms with Crippen molar-refractivity contribution in [2.45, 2.75) is 27.7 Å². The highest BCUT2D eigenvalue weighted by atomic mass is 16.5. The molecule has 0 amide bonds. The van der Waals surface area contributed by atoms with Gasteiger partial charge in [-0.3, -0.25) is 0 Å². The monoisotopic (exact) mass is 324 g/mol. The van der Waals surface area contributed by atoms with E-state index in [0.717, 1.165) is 16.7 Å². The third-order valence-electron chi connectivity index (χ3n) is 3.84. The van der Waals surface area contributed by atoms with Gasteiger partial charge in [-0.1, -0.05) is 50.2 Å². The number of rotatable bonds is 6. The van der Waals surface area contributed by atoms with E-state index in [0.29, 0.717) is 23.8 Å². The van der Waals surface area contributed by atoms with Crippen LogP contribution in [-0.4, -0.2) is 17.7 Å². The number of para-hydroxylation sites is 1. The van der Waals surface area contributed by atoms with Crippen molar-refractivity contribution in [3.8, 4) is 5.75 Å². The topological polar surface area (TPSA) is 46.5 Å². The van der Waals surface area contributed by atoms with Crippen LogP contribution >= 0.6 is 0 Å². The number of carboxylic acids is 1. The molecule has 0 aliphatic carbocycles. The van der Waals surface area contributed by atoms with Crippen LogP contribution in [0.3, 0.4) is 0 Å².